The van der Waals surface area contributed by atoms with Gasteiger partial charge in [-0.25, -0.2) is 0 Å². The quantitative estimate of drug-likeness (QED) is 0.642. The summed E-state index contributed by atoms with van der Waals surface area (Å²) in [5, 5.41) is 5.81. The second-order valence-electron chi connectivity index (χ2n) is 4.19. The number of benzene rings is 2. The predicted molar refractivity (Wildman–Crippen MR) is 85.4 cm³/mol. The lowest BCUT2D eigenvalue weighted by Crippen LogP contribution is -1.99. The van der Waals surface area contributed by atoms with Crippen LogP contribution in [0.4, 0.5) is 5.69 Å². The summed E-state index contributed by atoms with van der Waals surface area (Å²) < 4.78 is 7.50. The Kier molecular flexibility index (Phi) is 3.62. The number of hydrogen-bond acceptors (Lipinski definition) is 2. The second kappa shape index (κ2) is 5.39. The molecule has 0 bridgehead atoms. The molecule has 0 amide bonds. The van der Waals surface area contributed by atoms with Crippen molar-refractivity contribution in [2.45, 2.75) is 6.54 Å². The van der Waals surface area contributed by atoms with Gasteiger partial charge in [0, 0.05) is 15.5 Å². The molecule has 3 aromatic rings. The van der Waals surface area contributed by atoms with Crippen LogP contribution in [0.3, 0.4) is 0 Å². The van der Waals surface area contributed by atoms with Gasteiger partial charge in [-0.15, -0.1) is 0 Å². The molecule has 96 valence electrons. The van der Waals surface area contributed by atoms with Gasteiger partial charge in [0.25, 0.3) is 0 Å². The molecule has 1 aromatic heterocycles. The zero-order valence-electron chi connectivity index (χ0n) is 9.99. The second-order valence-corrected chi connectivity index (χ2v) is 5.89. The van der Waals surface area contributed by atoms with E-state index in [1.54, 1.807) is 6.26 Å². The van der Waals surface area contributed by atoms with E-state index < -0.39 is 0 Å². The summed E-state index contributed by atoms with van der Waals surface area (Å²) in [6, 6.07) is 14.3. The minimum Gasteiger partial charge on any atom is -0.466 e. The van der Waals surface area contributed by atoms with Crippen molar-refractivity contribution in [3.05, 3.63) is 63.4 Å². The van der Waals surface area contributed by atoms with Crippen molar-refractivity contribution in [2.24, 2.45) is 0 Å². The van der Waals surface area contributed by atoms with Gasteiger partial charge >= 0.3 is 0 Å². The molecule has 0 aliphatic rings. The van der Waals surface area contributed by atoms with E-state index in [1.807, 2.05) is 18.2 Å². The molecule has 1 N–H and O–H groups in total. The zero-order chi connectivity index (χ0) is 13.2. The molecule has 0 saturated carbocycles. The molecule has 2 nitrogen and oxygen atoms in total. The number of halogens is 2. The minimum atomic E-state index is 0.652. The molecule has 4 heteroatoms. The summed E-state index contributed by atoms with van der Waals surface area (Å²) in [6.45, 7) is 0.652. The molecule has 0 unspecified atom stereocenters. The highest BCUT2D eigenvalue weighted by Gasteiger charge is 2.06. The van der Waals surface area contributed by atoms with Gasteiger partial charge in [0.1, 0.15) is 5.76 Å². The molecule has 19 heavy (non-hydrogen) atoms. The molecule has 0 spiro atoms. The summed E-state index contributed by atoms with van der Waals surface area (Å²) >= 11 is 7.04. The molecule has 2 aromatic carbocycles. The lowest BCUT2D eigenvalue weighted by atomic mass is 10.1. The third-order valence-corrected chi connectivity index (χ3v) is 4.40. The van der Waals surface area contributed by atoms with E-state index in [1.165, 1.54) is 10.8 Å². The van der Waals surface area contributed by atoms with Crippen LogP contribution in [-0.2, 0) is 6.54 Å². The van der Waals surface area contributed by atoms with E-state index in [9.17, 15) is 0 Å². The van der Waals surface area contributed by atoms with Crippen LogP contribution in [0.5, 0.6) is 0 Å². The SMILES string of the molecule is Brc1ccoc1CNc1ccc(Br)c2ccccc12. The number of fused-ring (bicyclic) bond motifs is 1. The van der Waals surface area contributed by atoms with E-state index in [4.69, 9.17) is 4.42 Å². The van der Waals surface area contributed by atoms with Gasteiger partial charge in [0.2, 0.25) is 0 Å². The number of furan rings is 1. The van der Waals surface area contributed by atoms with Gasteiger partial charge in [-0.2, -0.15) is 0 Å². The lowest BCUT2D eigenvalue weighted by Gasteiger charge is -2.10. The Labute approximate surface area is 128 Å². The van der Waals surface area contributed by atoms with Crippen LogP contribution in [0, 0.1) is 0 Å². The summed E-state index contributed by atoms with van der Waals surface area (Å²) in [4.78, 5) is 0. The largest absolute Gasteiger partial charge is 0.466 e. The van der Waals surface area contributed by atoms with Gasteiger partial charge in [0.05, 0.1) is 17.3 Å². The van der Waals surface area contributed by atoms with E-state index in [0.717, 1.165) is 20.4 Å². The molecular weight excluding hydrogens is 370 g/mol. The minimum absolute atomic E-state index is 0.652. The third-order valence-electron chi connectivity index (χ3n) is 3.00. The number of rotatable bonds is 3. The fraction of sp³-hybridized carbons (Fsp3) is 0.0667. The van der Waals surface area contributed by atoms with Crippen molar-refractivity contribution in [2.75, 3.05) is 5.32 Å². The highest BCUT2D eigenvalue weighted by molar-refractivity contribution is 9.11. The molecule has 0 radical (unpaired) electrons. The van der Waals surface area contributed by atoms with Crippen LogP contribution >= 0.6 is 31.9 Å². The smallest absolute Gasteiger partial charge is 0.136 e. The Hall–Kier alpha value is -1.26. The average molecular weight is 381 g/mol. The van der Waals surface area contributed by atoms with Crippen molar-refractivity contribution >= 4 is 48.3 Å². The third kappa shape index (κ3) is 2.55. The van der Waals surface area contributed by atoms with Crippen LogP contribution in [0.15, 0.2) is 62.1 Å². The number of anilines is 1. The standard InChI is InChI=1S/C15H11Br2NO/c16-12-5-6-14(11-4-2-1-3-10(11)12)18-9-15-13(17)7-8-19-15/h1-8,18H,9H2. The number of nitrogens with one attached hydrogen (secondary N) is 1. The summed E-state index contributed by atoms with van der Waals surface area (Å²) in [5.41, 5.74) is 1.10. The Balaban J connectivity index is 1.93. The van der Waals surface area contributed by atoms with Crippen LogP contribution in [-0.4, -0.2) is 0 Å². The van der Waals surface area contributed by atoms with Gasteiger partial charge in [0.15, 0.2) is 0 Å². The van der Waals surface area contributed by atoms with E-state index in [-0.39, 0.29) is 0 Å². The molecule has 0 aliphatic carbocycles. The van der Waals surface area contributed by atoms with Crippen molar-refractivity contribution in [3.8, 4) is 0 Å². The van der Waals surface area contributed by atoms with Crippen LogP contribution in [0.2, 0.25) is 0 Å². The lowest BCUT2D eigenvalue weighted by molar-refractivity contribution is 0.516. The first kappa shape index (κ1) is 12.8. The highest BCUT2D eigenvalue weighted by Crippen LogP contribution is 2.30. The number of hydrogen-bond donors (Lipinski definition) is 1. The Morgan fingerprint density at radius 2 is 1.68 bits per heavy atom. The fourth-order valence-corrected chi connectivity index (χ4v) is 2.86. The topological polar surface area (TPSA) is 25.2 Å². The highest BCUT2D eigenvalue weighted by atomic mass is 79.9. The van der Waals surface area contributed by atoms with Gasteiger partial charge in [-0.05, 0) is 39.5 Å². The van der Waals surface area contributed by atoms with Crippen molar-refractivity contribution in [1.29, 1.82) is 0 Å². The van der Waals surface area contributed by atoms with Gasteiger partial charge in [-0.3, -0.25) is 0 Å². The zero-order valence-corrected chi connectivity index (χ0v) is 13.2. The van der Waals surface area contributed by atoms with Gasteiger partial charge in [-0.1, -0.05) is 40.2 Å². The summed E-state index contributed by atoms with van der Waals surface area (Å²) in [7, 11) is 0. The predicted octanol–water partition coefficient (Wildman–Crippen LogP) is 5.57. The maximum Gasteiger partial charge on any atom is 0.136 e. The molecule has 1 heterocycles. The van der Waals surface area contributed by atoms with Crippen LogP contribution in [0.25, 0.3) is 10.8 Å². The van der Waals surface area contributed by atoms with Gasteiger partial charge < -0.3 is 9.73 Å². The Morgan fingerprint density at radius 3 is 2.42 bits per heavy atom. The van der Waals surface area contributed by atoms with Crippen molar-refractivity contribution in [3.63, 3.8) is 0 Å². The van der Waals surface area contributed by atoms with E-state index in [2.05, 4.69) is 61.4 Å². The normalized spacial score (nSPS) is 10.8. The average Bonchev–Trinajstić information content (AvgIpc) is 2.84. The first-order valence-corrected chi connectivity index (χ1v) is 7.47. The summed E-state index contributed by atoms with van der Waals surface area (Å²) in [5.74, 6) is 0.895. The monoisotopic (exact) mass is 379 g/mol. The molecular formula is C15H11Br2NO. The first-order valence-electron chi connectivity index (χ1n) is 5.88. The molecule has 0 atom stereocenters. The Morgan fingerprint density at radius 1 is 0.895 bits per heavy atom. The van der Waals surface area contributed by atoms with Crippen molar-refractivity contribution < 1.29 is 4.42 Å². The maximum atomic E-state index is 5.40. The maximum absolute atomic E-state index is 5.40. The summed E-state index contributed by atoms with van der Waals surface area (Å²) in [6.07, 6.45) is 1.68. The Bertz CT molecular complexity index is 721. The van der Waals surface area contributed by atoms with Crippen LogP contribution < -0.4 is 5.32 Å². The molecule has 0 fully saturated rings. The molecule has 0 saturated heterocycles. The van der Waals surface area contributed by atoms with E-state index >= 15 is 0 Å². The van der Waals surface area contributed by atoms with Crippen LogP contribution in [0.1, 0.15) is 5.76 Å². The molecule has 3 rings (SSSR count). The van der Waals surface area contributed by atoms with E-state index in [0.29, 0.717) is 6.54 Å². The van der Waals surface area contributed by atoms with Crippen molar-refractivity contribution in [1.82, 2.24) is 0 Å². The first-order chi connectivity index (χ1) is 9.25. The molecule has 0 aliphatic heterocycles. The fourth-order valence-electron chi connectivity index (χ4n) is 2.04.